The molecule has 0 aromatic heterocycles. The zero-order chi connectivity index (χ0) is 12.5. The maximum absolute atomic E-state index is 12.5. The van der Waals surface area contributed by atoms with Gasteiger partial charge in [0, 0.05) is 23.6 Å². The van der Waals surface area contributed by atoms with Crippen molar-refractivity contribution in [2.45, 2.75) is 54.3 Å². The Labute approximate surface area is 115 Å². The summed E-state index contributed by atoms with van der Waals surface area (Å²) in [4.78, 5) is 0. The van der Waals surface area contributed by atoms with E-state index in [2.05, 4.69) is 25.3 Å². The summed E-state index contributed by atoms with van der Waals surface area (Å²) in [6.07, 6.45) is 5.41. The van der Waals surface area contributed by atoms with Crippen LogP contribution in [0.4, 0.5) is 0 Å². The number of rotatable bonds is 2. The standard InChI is InChI=1S/C11H21NO2S3/c13-17(14,12-6-2-1-3-7-12)9-4-5-10(15)11(16)8-9/h9-11,15-16H,1-8H2. The summed E-state index contributed by atoms with van der Waals surface area (Å²) < 4.78 is 26.6. The third-order valence-electron chi connectivity index (χ3n) is 3.83. The van der Waals surface area contributed by atoms with Gasteiger partial charge in [-0.05, 0) is 32.1 Å². The molecule has 0 N–H and O–H groups in total. The van der Waals surface area contributed by atoms with Gasteiger partial charge in [-0.2, -0.15) is 25.3 Å². The van der Waals surface area contributed by atoms with Crippen molar-refractivity contribution in [1.82, 2.24) is 4.31 Å². The third kappa shape index (κ3) is 3.14. The minimum Gasteiger partial charge on any atom is -0.212 e. The smallest absolute Gasteiger partial charge is 0.212 e. The van der Waals surface area contributed by atoms with Crippen LogP contribution in [0, 0.1) is 0 Å². The van der Waals surface area contributed by atoms with Gasteiger partial charge in [0.15, 0.2) is 0 Å². The summed E-state index contributed by atoms with van der Waals surface area (Å²) >= 11 is 8.89. The van der Waals surface area contributed by atoms with Crippen LogP contribution in [-0.2, 0) is 10.0 Å². The van der Waals surface area contributed by atoms with E-state index in [1.165, 1.54) is 0 Å². The van der Waals surface area contributed by atoms with E-state index in [1.54, 1.807) is 4.31 Å². The zero-order valence-corrected chi connectivity index (χ0v) is 12.6. The van der Waals surface area contributed by atoms with Crippen LogP contribution in [0.3, 0.4) is 0 Å². The predicted octanol–water partition coefficient (Wildman–Crippen LogP) is 1.95. The summed E-state index contributed by atoms with van der Waals surface area (Å²) in [5.41, 5.74) is 0. The van der Waals surface area contributed by atoms with E-state index in [4.69, 9.17) is 0 Å². The number of sulfonamides is 1. The minimum absolute atomic E-state index is 0.108. The summed E-state index contributed by atoms with van der Waals surface area (Å²) in [5, 5.41) is 0.120. The first-order chi connectivity index (χ1) is 8.01. The summed E-state index contributed by atoms with van der Waals surface area (Å²) in [7, 11) is -3.09. The maximum Gasteiger partial charge on any atom is 0.217 e. The van der Waals surface area contributed by atoms with Crippen molar-refractivity contribution in [3.63, 3.8) is 0 Å². The highest BCUT2D eigenvalue weighted by Crippen LogP contribution is 2.32. The number of nitrogens with zero attached hydrogens (tertiary/aromatic N) is 1. The normalized spacial score (nSPS) is 36.9. The van der Waals surface area contributed by atoms with Crippen LogP contribution in [0.2, 0.25) is 0 Å². The average molecular weight is 295 g/mol. The molecule has 2 aliphatic rings. The maximum atomic E-state index is 12.5. The quantitative estimate of drug-likeness (QED) is 0.764. The molecular weight excluding hydrogens is 274 g/mol. The molecule has 0 aromatic rings. The molecule has 0 bridgehead atoms. The first-order valence-electron chi connectivity index (χ1n) is 6.37. The van der Waals surface area contributed by atoms with Crippen LogP contribution in [0.5, 0.6) is 0 Å². The van der Waals surface area contributed by atoms with E-state index in [0.29, 0.717) is 19.5 Å². The van der Waals surface area contributed by atoms with E-state index in [9.17, 15) is 8.42 Å². The number of hydrogen-bond acceptors (Lipinski definition) is 4. The van der Waals surface area contributed by atoms with E-state index in [0.717, 1.165) is 32.1 Å². The van der Waals surface area contributed by atoms with Crippen LogP contribution in [0.25, 0.3) is 0 Å². The van der Waals surface area contributed by atoms with Gasteiger partial charge in [0.2, 0.25) is 10.0 Å². The molecule has 6 heteroatoms. The Balaban J connectivity index is 2.04. The lowest BCUT2D eigenvalue weighted by Gasteiger charge is -2.35. The highest BCUT2D eigenvalue weighted by molar-refractivity contribution is 7.90. The molecule has 3 unspecified atom stereocenters. The monoisotopic (exact) mass is 295 g/mol. The molecule has 1 heterocycles. The van der Waals surface area contributed by atoms with Gasteiger partial charge < -0.3 is 0 Å². The molecule has 2 fully saturated rings. The first kappa shape index (κ1) is 14.0. The van der Waals surface area contributed by atoms with Crippen LogP contribution in [-0.4, -0.2) is 41.6 Å². The molecule has 1 aliphatic carbocycles. The van der Waals surface area contributed by atoms with Gasteiger partial charge in [-0.3, -0.25) is 0 Å². The van der Waals surface area contributed by atoms with E-state index in [-0.39, 0.29) is 15.7 Å². The molecule has 100 valence electrons. The fraction of sp³-hybridized carbons (Fsp3) is 1.00. The highest BCUT2D eigenvalue weighted by atomic mass is 32.2. The fourth-order valence-electron chi connectivity index (χ4n) is 2.69. The van der Waals surface area contributed by atoms with Crippen molar-refractivity contribution in [3.8, 4) is 0 Å². The largest absolute Gasteiger partial charge is 0.217 e. The van der Waals surface area contributed by atoms with Crippen molar-refractivity contribution >= 4 is 35.3 Å². The van der Waals surface area contributed by atoms with Crippen molar-refractivity contribution in [3.05, 3.63) is 0 Å². The lowest BCUT2D eigenvalue weighted by Crippen LogP contribution is -2.45. The van der Waals surface area contributed by atoms with Crippen molar-refractivity contribution in [2.24, 2.45) is 0 Å². The van der Waals surface area contributed by atoms with Crippen molar-refractivity contribution in [2.75, 3.05) is 13.1 Å². The van der Waals surface area contributed by atoms with Gasteiger partial charge in [0.05, 0.1) is 5.25 Å². The number of hydrogen-bond donors (Lipinski definition) is 2. The number of thiol groups is 2. The van der Waals surface area contributed by atoms with Crippen LogP contribution in [0.15, 0.2) is 0 Å². The molecule has 3 atom stereocenters. The molecule has 1 saturated carbocycles. The molecule has 0 radical (unpaired) electrons. The fourth-order valence-corrected chi connectivity index (χ4v) is 5.58. The minimum atomic E-state index is -3.09. The Morgan fingerprint density at radius 2 is 1.59 bits per heavy atom. The topological polar surface area (TPSA) is 37.4 Å². The van der Waals surface area contributed by atoms with E-state index in [1.807, 2.05) is 0 Å². The Bertz CT molecular complexity index is 352. The van der Waals surface area contributed by atoms with Gasteiger partial charge in [-0.25, -0.2) is 12.7 Å². The molecule has 0 amide bonds. The van der Waals surface area contributed by atoms with E-state index < -0.39 is 10.0 Å². The van der Waals surface area contributed by atoms with Crippen LogP contribution >= 0.6 is 25.3 Å². The van der Waals surface area contributed by atoms with Gasteiger partial charge in [0.25, 0.3) is 0 Å². The molecule has 0 spiro atoms. The second-order valence-corrected chi connectivity index (χ2v) is 8.61. The lowest BCUT2D eigenvalue weighted by molar-refractivity contribution is 0.336. The second-order valence-electron chi connectivity index (χ2n) is 5.07. The summed E-state index contributed by atoms with van der Waals surface area (Å²) in [6.45, 7) is 1.42. The lowest BCUT2D eigenvalue weighted by atomic mass is 9.99. The Hall–Kier alpha value is 0.610. The first-order valence-corrected chi connectivity index (χ1v) is 8.90. The van der Waals surface area contributed by atoms with Crippen molar-refractivity contribution < 1.29 is 8.42 Å². The molecule has 2 rings (SSSR count). The molecule has 1 aliphatic heterocycles. The van der Waals surface area contributed by atoms with Crippen LogP contribution < -0.4 is 0 Å². The molecule has 0 aromatic carbocycles. The Morgan fingerprint density at radius 3 is 2.18 bits per heavy atom. The van der Waals surface area contributed by atoms with E-state index >= 15 is 0 Å². The second kappa shape index (κ2) is 5.72. The molecular formula is C11H21NO2S3. The Morgan fingerprint density at radius 1 is 0.941 bits per heavy atom. The SMILES string of the molecule is O=S(=O)(C1CCC(S)C(S)C1)N1CCCCC1. The molecule has 1 saturated heterocycles. The number of piperidine rings is 1. The predicted molar refractivity (Wildman–Crippen MR) is 77.5 cm³/mol. The highest BCUT2D eigenvalue weighted by Gasteiger charge is 2.37. The van der Waals surface area contributed by atoms with Gasteiger partial charge in [-0.15, -0.1) is 0 Å². The Kier molecular flexibility index (Phi) is 4.72. The van der Waals surface area contributed by atoms with Crippen LogP contribution in [0.1, 0.15) is 38.5 Å². The molecule has 3 nitrogen and oxygen atoms in total. The van der Waals surface area contributed by atoms with Crippen molar-refractivity contribution in [1.29, 1.82) is 0 Å². The third-order valence-corrected chi connectivity index (χ3v) is 7.61. The van der Waals surface area contributed by atoms with Gasteiger partial charge in [-0.1, -0.05) is 6.42 Å². The molecule has 17 heavy (non-hydrogen) atoms. The average Bonchev–Trinajstić information content (AvgIpc) is 2.33. The zero-order valence-electron chi connectivity index (χ0n) is 9.96. The van der Waals surface area contributed by atoms with Gasteiger partial charge in [0.1, 0.15) is 0 Å². The summed E-state index contributed by atoms with van der Waals surface area (Å²) in [5.74, 6) is 0. The van der Waals surface area contributed by atoms with Gasteiger partial charge >= 0.3 is 0 Å². The summed E-state index contributed by atoms with van der Waals surface area (Å²) in [6, 6.07) is 0.